The lowest BCUT2D eigenvalue weighted by Gasteiger charge is -2.21. The Labute approximate surface area is 255 Å². The summed E-state index contributed by atoms with van der Waals surface area (Å²) in [5, 5.41) is 7.65. The number of carbonyl (C=O) groups is 4. The Morgan fingerprint density at radius 2 is 1.66 bits per heavy atom. The second-order valence-corrected chi connectivity index (χ2v) is 9.50. The average Bonchev–Trinajstić information content (AvgIpc) is 2.98. The number of amides is 4. The number of nitrogens with one attached hydrogen (secondary N) is 3. The molecule has 0 aromatic heterocycles. The van der Waals surface area contributed by atoms with Gasteiger partial charge in [0.2, 0.25) is 24.1 Å². The largest absolute Gasteiger partial charge is 0.416 e. The van der Waals surface area contributed by atoms with E-state index in [1.165, 1.54) is 17.0 Å². The summed E-state index contributed by atoms with van der Waals surface area (Å²) in [6.07, 6.45) is -1.85. The number of carbonyl (C=O) groups excluding carboxylic acids is 4. The van der Waals surface area contributed by atoms with Gasteiger partial charge in [0, 0.05) is 56.3 Å². The number of halogens is 3. The van der Waals surface area contributed by atoms with Crippen molar-refractivity contribution in [3.63, 3.8) is 0 Å². The number of aliphatic imine (C=N–C) groups is 1. The fourth-order valence-corrected chi connectivity index (χ4v) is 3.90. The van der Waals surface area contributed by atoms with Crippen LogP contribution < -0.4 is 27.4 Å². The molecule has 44 heavy (non-hydrogen) atoms. The summed E-state index contributed by atoms with van der Waals surface area (Å²) in [4.78, 5) is 51.4. The molecular formula is C30H40F3N7O4. The monoisotopic (exact) mass is 619 g/mol. The second kappa shape index (κ2) is 19.6. The average molecular weight is 620 g/mol. The lowest BCUT2D eigenvalue weighted by atomic mass is 10.0. The fourth-order valence-electron chi connectivity index (χ4n) is 3.90. The Hall–Kier alpha value is -4.56. The minimum atomic E-state index is -4.39. The normalized spacial score (nSPS) is 11.2. The van der Waals surface area contributed by atoms with Crippen LogP contribution in [0.1, 0.15) is 36.5 Å². The van der Waals surface area contributed by atoms with E-state index in [2.05, 4.69) is 34.2 Å². The third kappa shape index (κ3) is 14.1. The lowest BCUT2D eigenvalue weighted by molar-refractivity contribution is -0.137. The number of anilines is 1. The number of alkyl halides is 3. The van der Waals surface area contributed by atoms with Crippen molar-refractivity contribution in [3.8, 4) is 0 Å². The number of nitrogens with two attached hydrogens (primary N) is 2. The number of benzene rings is 2. The van der Waals surface area contributed by atoms with Crippen LogP contribution in [0.5, 0.6) is 0 Å². The second-order valence-electron chi connectivity index (χ2n) is 9.50. The molecule has 0 aliphatic rings. The molecule has 0 heterocycles. The zero-order chi connectivity index (χ0) is 33.1. The lowest BCUT2D eigenvalue weighted by Crippen LogP contribution is -2.42. The SMILES string of the molecule is C=Cc1cc(NC=O)ccc1N=C.C[C@H](Cc1ccc(C(F)(F)F)cc1)NC(=O)CNC(=O)CCC(=O)N(CCN)CCN. The first-order valence-corrected chi connectivity index (χ1v) is 13.7. The van der Waals surface area contributed by atoms with Crippen LogP contribution in [-0.2, 0) is 31.8 Å². The molecule has 0 fully saturated rings. The number of hydrogen-bond donors (Lipinski definition) is 5. The van der Waals surface area contributed by atoms with Gasteiger partial charge in [-0.1, -0.05) is 24.8 Å². The zero-order valence-corrected chi connectivity index (χ0v) is 24.7. The van der Waals surface area contributed by atoms with Gasteiger partial charge in [-0.05, 0) is 56.0 Å². The summed E-state index contributed by atoms with van der Waals surface area (Å²) in [7, 11) is 0. The summed E-state index contributed by atoms with van der Waals surface area (Å²) in [6, 6.07) is 9.68. The molecule has 2 rings (SSSR count). The topological polar surface area (TPSA) is 172 Å². The third-order valence-corrected chi connectivity index (χ3v) is 6.04. The van der Waals surface area contributed by atoms with E-state index in [9.17, 15) is 32.3 Å². The molecule has 0 saturated heterocycles. The first-order chi connectivity index (χ1) is 20.9. The molecule has 0 aliphatic carbocycles. The first kappa shape index (κ1) is 37.5. The number of hydrogen-bond acceptors (Lipinski definition) is 7. The number of nitrogens with zero attached hydrogens (tertiary/aromatic N) is 2. The van der Waals surface area contributed by atoms with Crippen molar-refractivity contribution in [1.29, 1.82) is 0 Å². The van der Waals surface area contributed by atoms with Crippen molar-refractivity contribution in [2.45, 2.75) is 38.4 Å². The summed E-state index contributed by atoms with van der Waals surface area (Å²) < 4.78 is 37.8. The Morgan fingerprint density at radius 1 is 1.02 bits per heavy atom. The van der Waals surface area contributed by atoms with Crippen molar-refractivity contribution >= 4 is 48.3 Å². The molecule has 1 atom stereocenters. The van der Waals surface area contributed by atoms with Gasteiger partial charge < -0.3 is 32.3 Å². The van der Waals surface area contributed by atoms with Gasteiger partial charge in [0.05, 0.1) is 17.8 Å². The Balaban J connectivity index is 0.000000617. The maximum absolute atomic E-state index is 12.6. The van der Waals surface area contributed by atoms with Crippen LogP contribution in [0.4, 0.5) is 24.5 Å². The molecule has 7 N–H and O–H groups in total. The summed E-state index contributed by atoms with van der Waals surface area (Å²) in [5.41, 5.74) is 13.1. The van der Waals surface area contributed by atoms with Crippen LogP contribution in [0.15, 0.2) is 54.0 Å². The molecule has 0 saturated carbocycles. The van der Waals surface area contributed by atoms with Gasteiger partial charge in [0.1, 0.15) is 0 Å². The van der Waals surface area contributed by atoms with Crippen molar-refractivity contribution < 1.29 is 32.3 Å². The molecule has 0 radical (unpaired) electrons. The highest BCUT2D eigenvalue weighted by Crippen LogP contribution is 2.29. The smallest absolute Gasteiger partial charge is 0.352 e. The van der Waals surface area contributed by atoms with Crippen molar-refractivity contribution in [1.82, 2.24) is 15.5 Å². The highest BCUT2D eigenvalue weighted by molar-refractivity contribution is 5.87. The molecule has 2 aromatic rings. The third-order valence-electron chi connectivity index (χ3n) is 6.04. The highest BCUT2D eigenvalue weighted by atomic mass is 19.4. The summed E-state index contributed by atoms with van der Waals surface area (Å²) in [6.45, 7) is 9.81. The molecule has 14 heteroatoms. The van der Waals surface area contributed by atoms with Gasteiger partial charge in [-0.2, -0.15) is 13.2 Å². The van der Waals surface area contributed by atoms with Gasteiger partial charge >= 0.3 is 6.18 Å². The van der Waals surface area contributed by atoms with E-state index in [0.29, 0.717) is 44.6 Å². The summed E-state index contributed by atoms with van der Waals surface area (Å²) >= 11 is 0. The number of rotatable bonds is 16. The molecule has 240 valence electrons. The predicted octanol–water partition coefficient (Wildman–Crippen LogP) is 2.62. The van der Waals surface area contributed by atoms with E-state index in [4.69, 9.17) is 11.5 Å². The highest BCUT2D eigenvalue weighted by Gasteiger charge is 2.30. The van der Waals surface area contributed by atoms with Gasteiger partial charge in [-0.25, -0.2) is 0 Å². The molecule has 4 amide bonds. The minimum absolute atomic E-state index is 0.0161. The van der Waals surface area contributed by atoms with Crippen molar-refractivity contribution in [2.75, 3.05) is 38.0 Å². The molecule has 0 unspecified atom stereocenters. The van der Waals surface area contributed by atoms with E-state index in [0.717, 1.165) is 29.1 Å². The van der Waals surface area contributed by atoms with E-state index < -0.39 is 23.6 Å². The van der Waals surface area contributed by atoms with Crippen molar-refractivity contribution in [2.24, 2.45) is 16.5 Å². The minimum Gasteiger partial charge on any atom is -0.352 e. The maximum Gasteiger partial charge on any atom is 0.416 e. The quantitative estimate of drug-likeness (QED) is 0.143. The van der Waals surface area contributed by atoms with Crippen molar-refractivity contribution in [3.05, 3.63) is 65.7 Å². The van der Waals surface area contributed by atoms with Gasteiger partial charge in [-0.15, -0.1) is 0 Å². The van der Waals surface area contributed by atoms with Crippen LogP contribution in [0.2, 0.25) is 0 Å². The van der Waals surface area contributed by atoms with Crippen LogP contribution in [-0.4, -0.2) is 74.5 Å². The Kier molecular flexibility index (Phi) is 16.7. The molecule has 0 aliphatic heterocycles. The Morgan fingerprint density at radius 3 is 2.18 bits per heavy atom. The van der Waals surface area contributed by atoms with E-state index in [1.807, 2.05) is 0 Å². The molecular weight excluding hydrogens is 579 g/mol. The van der Waals surface area contributed by atoms with Gasteiger partial charge in [0.25, 0.3) is 0 Å². The zero-order valence-electron chi connectivity index (χ0n) is 24.7. The standard InChI is InChI=1S/C20H30F3N5O3.C10H10N2O/c1-14(12-15-2-4-16(5-3-15)20(21,22)23)27-18(30)13-26-17(29)6-7-19(31)28(10-8-24)11-9-25;1-3-8-6-9(12-7-13)4-5-10(8)11-2/h2-5,14H,6-13,24-25H2,1H3,(H,26,29)(H,27,30);3-7H,1-2H2,(H,12,13)/t14-;/m1./s1. The fraction of sp³-hybridized carbons (Fsp3) is 0.367. The first-order valence-electron chi connectivity index (χ1n) is 13.7. The van der Waals surface area contributed by atoms with E-state index in [1.54, 1.807) is 31.2 Å². The summed E-state index contributed by atoms with van der Waals surface area (Å²) in [5.74, 6) is -1.12. The van der Waals surface area contributed by atoms with Gasteiger partial charge in [0.15, 0.2) is 0 Å². The predicted molar refractivity (Wildman–Crippen MR) is 165 cm³/mol. The van der Waals surface area contributed by atoms with Crippen LogP contribution in [0.3, 0.4) is 0 Å². The molecule has 2 aromatic carbocycles. The van der Waals surface area contributed by atoms with Crippen LogP contribution >= 0.6 is 0 Å². The van der Waals surface area contributed by atoms with Crippen LogP contribution in [0, 0.1) is 0 Å². The van der Waals surface area contributed by atoms with E-state index >= 15 is 0 Å². The van der Waals surface area contributed by atoms with E-state index in [-0.39, 0.29) is 31.3 Å². The Bertz CT molecular complexity index is 1250. The molecule has 0 bridgehead atoms. The molecule has 11 nitrogen and oxygen atoms in total. The van der Waals surface area contributed by atoms with Gasteiger partial charge in [-0.3, -0.25) is 24.2 Å². The van der Waals surface area contributed by atoms with Crippen LogP contribution in [0.25, 0.3) is 6.08 Å². The maximum atomic E-state index is 12.6. The molecule has 0 spiro atoms.